The Morgan fingerprint density at radius 3 is 2.82 bits per heavy atom. The van der Waals surface area contributed by atoms with E-state index < -0.39 is 0 Å². The molecule has 0 aliphatic heterocycles. The van der Waals surface area contributed by atoms with Gasteiger partial charge in [-0.1, -0.05) is 12.1 Å². The molecule has 110 valence electrons. The third-order valence-electron chi connectivity index (χ3n) is 3.59. The fraction of sp³-hybridized carbons (Fsp3) is 0.133. The molecule has 0 fully saturated rings. The molecule has 22 heavy (non-hydrogen) atoms. The van der Waals surface area contributed by atoms with E-state index >= 15 is 0 Å². The summed E-state index contributed by atoms with van der Waals surface area (Å²) in [4.78, 5) is 17.7. The number of fused-ring (bicyclic) bond motifs is 3. The maximum atomic E-state index is 12.6. The molecule has 1 aromatic carbocycles. The van der Waals surface area contributed by atoms with E-state index in [1.54, 1.807) is 11.7 Å². The highest BCUT2D eigenvalue weighted by molar-refractivity contribution is 7.16. The van der Waals surface area contributed by atoms with Gasteiger partial charge in [-0.15, -0.1) is 11.3 Å². The molecule has 6 nitrogen and oxygen atoms in total. The van der Waals surface area contributed by atoms with E-state index in [0.29, 0.717) is 12.2 Å². The maximum Gasteiger partial charge on any atom is 0.352 e. The van der Waals surface area contributed by atoms with Crippen molar-refractivity contribution >= 4 is 27.2 Å². The number of aromatic nitrogens is 4. The lowest BCUT2D eigenvalue weighted by Gasteiger charge is -2.09. The molecule has 4 rings (SSSR count). The van der Waals surface area contributed by atoms with Gasteiger partial charge in [0.1, 0.15) is 16.9 Å². The minimum Gasteiger partial charge on any atom is -0.497 e. The molecule has 4 aromatic rings. The number of hydrogen-bond acceptors (Lipinski definition) is 5. The molecule has 0 atom stereocenters. The second-order valence-corrected chi connectivity index (χ2v) is 5.75. The Labute approximate surface area is 129 Å². The summed E-state index contributed by atoms with van der Waals surface area (Å²) in [5.41, 5.74) is 1.45. The van der Waals surface area contributed by atoms with E-state index in [-0.39, 0.29) is 5.69 Å². The number of nitrogens with zero attached hydrogens (tertiary/aromatic N) is 4. The Morgan fingerprint density at radius 2 is 2.05 bits per heavy atom. The van der Waals surface area contributed by atoms with Crippen molar-refractivity contribution < 1.29 is 4.74 Å². The number of benzene rings is 1. The first-order valence-electron chi connectivity index (χ1n) is 6.70. The third kappa shape index (κ3) is 1.90. The number of thiophene rings is 1. The van der Waals surface area contributed by atoms with Crippen LogP contribution in [0, 0.1) is 0 Å². The summed E-state index contributed by atoms with van der Waals surface area (Å²) in [5, 5.41) is 6.94. The second-order valence-electron chi connectivity index (χ2n) is 4.85. The van der Waals surface area contributed by atoms with E-state index in [1.807, 2.05) is 35.7 Å². The molecule has 7 heteroatoms. The lowest BCUT2D eigenvalue weighted by Crippen LogP contribution is -2.27. The van der Waals surface area contributed by atoms with E-state index in [9.17, 15) is 4.79 Å². The number of hydrogen-bond donors (Lipinski definition) is 0. The Bertz CT molecular complexity index is 1010. The van der Waals surface area contributed by atoms with Crippen LogP contribution in [-0.4, -0.2) is 26.3 Å². The summed E-state index contributed by atoms with van der Waals surface area (Å²) in [5.74, 6) is 0.795. The second kappa shape index (κ2) is 4.96. The van der Waals surface area contributed by atoms with Crippen LogP contribution in [0.1, 0.15) is 5.56 Å². The summed E-state index contributed by atoms with van der Waals surface area (Å²) >= 11 is 1.53. The molecule has 0 spiro atoms. The van der Waals surface area contributed by atoms with E-state index in [1.165, 1.54) is 22.2 Å². The molecule has 0 aliphatic rings. The Morgan fingerprint density at radius 1 is 1.23 bits per heavy atom. The van der Waals surface area contributed by atoms with Gasteiger partial charge in [-0.05, 0) is 29.1 Å². The Hall–Kier alpha value is -2.67. The van der Waals surface area contributed by atoms with E-state index in [0.717, 1.165) is 21.5 Å². The van der Waals surface area contributed by atoms with Crippen molar-refractivity contribution in [2.45, 2.75) is 6.54 Å². The number of ether oxygens (including phenoxy) is 1. The van der Waals surface area contributed by atoms with Crippen LogP contribution in [0.5, 0.6) is 5.75 Å². The highest BCUT2D eigenvalue weighted by atomic mass is 32.1. The van der Waals surface area contributed by atoms with Gasteiger partial charge in [-0.3, -0.25) is 4.57 Å². The van der Waals surface area contributed by atoms with Gasteiger partial charge in [0.25, 0.3) is 0 Å². The molecule has 0 N–H and O–H groups in total. The first-order valence-corrected chi connectivity index (χ1v) is 7.58. The largest absolute Gasteiger partial charge is 0.497 e. The van der Waals surface area contributed by atoms with Crippen LogP contribution >= 0.6 is 11.3 Å². The molecule has 0 saturated heterocycles. The van der Waals surface area contributed by atoms with Gasteiger partial charge >= 0.3 is 5.69 Å². The molecule has 0 radical (unpaired) electrons. The fourth-order valence-electron chi connectivity index (χ4n) is 2.50. The van der Waals surface area contributed by atoms with Gasteiger partial charge < -0.3 is 4.74 Å². The third-order valence-corrected chi connectivity index (χ3v) is 4.53. The lowest BCUT2D eigenvalue weighted by molar-refractivity contribution is 0.414. The smallest absolute Gasteiger partial charge is 0.352 e. The number of rotatable bonds is 3. The predicted molar refractivity (Wildman–Crippen MR) is 84.7 cm³/mol. The predicted octanol–water partition coefficient (Wildman–Crippen LogP) is 2.16. The van der Waals surface area contributed by atoms with Crippen molar-refractivity contribution in [2.75, 3.05) is 7.11 Å². The van der Waals surface area contributed by atoms with Crippen LogP contribution in [0.25, 0.3) is 15.9 Å². The first kappa shape index (κ1) is 13.0. The van der Waals surface area contributed by atoms with E-state index in [4.69, 9.17) is 4.74 Å². The number of methoxy groups -OCH3 is 1. The highest BCUT2D eigenvalue weighted by Crippen LogP contribution is 2.23. The minimum absolute atomic E-state index is 0.182. The van der Waals surface area contributed by atoms with Crippen LogP contribution < -0.4 is 10.4 Å². The lowest BCUT2D eigenvalue weighted by atomic mass is 10.2. The van der Waals surface area contributed by atoms with Crippen LogP contribution in [0.2, 0.25) is 0 Å². The van der Waals surface area contributed by atoms with Crippen molar-refractivity contribution in [1.82, 2.24) is 19.2 Å². The van der Waals surface area contributed by atoms with Gasteiger partial charge in [-0.2, -0.15) is 9.61 Å². The monoisotopic (exact) mass is 312 g/mol. The molecule has 0 saturated carbocycles. The fourth-order valence-corrected chi connectivity index (χ4v) is 3.39. The van der Waals surface area contributed by atoms with Crippen LogP contribution in [-0.2, 0) is 6.54 Å². The van der Waals surface area contributed by atoms with Gasteiger partial charge in [0.05, 0.1) is 19.0 Å². The zero-order valence-electron chi connectivity index (χ0n) is 11.8. The quantitative estimate of drug-likeness (QED) is 0.581. The summed E-state index contributed by atoms with van der Waals surface area (Å²) in [6.45, 7) is 0.482. The average Bonchev–Trinajstić information content (AvgIpc) is 3.20. The topological polar surface area (TPSA) is 61.4 Å². The Balaban J connectivity index is 1.90. The van der Waals surface area contributed by atoms with Gasteiger partial charge in [0.2, 0.25) is 0 Å². The molecule has 0 amide bonds. The van der Waals surface area contributed by atoms with Crippen molar-refractivity contribution in [3.63, 3.8) is 0 Å². The standard InChI is InChI=1S/C15H12N4O2S/c1-21-11-4-2-10(3-5-11)8-18-14-12(6-7-22-14)13-16-9-17-19(13)15(18)20/h2-7,9H,8H2,1H3. The molecule has 0 aliphatic carbocycles. The molecule has 0 bridgehead atoms. The zero-order chi connectivity index (χ0) is 15.1. The van der Waals surface area contributed by atoms with E-state index in [2.05, 4.69) is 10.1 Å². The SMILES string of the molecule is COc1ccc(Cn2c(=O)n3ncnc3c3ccsc32)cc1. The first-order chi connectivity index (χ1) is 10.8. The molecule has 3 aromatic heterocycles. The minimum atomic E-state index is -0.182. The molecular formula is C15H12N4O2S. The molecule has 0 unspecified atom stereocenters. The van der Waals surface area contributed by atoms with Gasteiger partial charge in [-0.25, -0.2) is 9.78 Å². The summed E-state index contributed by atoms with van der Waals surface area (Å²) in [6.07, 6.45) is 1.41. The van der Waals surface area contributed by atoms with Crippen molar-refractivity contribution in [3.8, 4) is 5.75 Å². The highest BCUT2D eigenvalue weighted by Gasteiger charge is 2.13. The maximum absolute atomic E-state index is 12.6. The molecular weight excluding hydrogens is 300 g/mol. The van der Waals surface area contributed by atoms with Gasteiger partial charge in [0, 0.05) is 0 Å². The van der Waals surface area contributed by atoms with Crippen molar-refractivity contribution in [1.29, 1.82) is 0 Å². The summed E-state index contributed by atoms with van der Waals surface area (Å²) in [7, 11) is 1.63. The van der Waals surface area contributed by atoms with Crippen LogP contribution in [0.15, 0.2) is 46.8 Å². The molecule has 3 heterocycles. The van der Waals surface area contributed by atoms with Crippen LogP contribution in [0.3, 0.4) is 0 Å². The van der Waals surface area contributed by atoms with Gasteiger partial charge in [0.15, 0.2) is 5.65 Å². The van der Waals surface area contributed by atoms with Crippen LogP contribution in [0.4, 0.5) is 0 Å². The zero-order valence-corrected chi connectivity index (χ0v) is 12.6. The van der Waals surface area contributed by atoms with Crippen molar-refractivity contribution in [2.24, 2.45) is 0 Å². The van der Waals surface area contributed by atoms with Crippen molar-refractivity contribution in [3.05, 3.63) is 58.1 Å². The normalized spacial score (nSPS) is 11.3. The summed E-state index contributed by atoms with van der Waals surface area (Å²) in [6, 6.07) is 9.65. The Kier molecular flexibility index (Phi) is 2.93. The summed E-state index contributed by atoms with van der Waals surface area (Å²) < 4.78 is 8.23. The average molecular weight is 312 g/mol.